The van der Waals surface area contributed by atoms with Crippen molar-refractivity contribution < 1.29 is 9.18 Å². The third kappa shape index (κ3) is 4.29. The lowest BCUT2D eigenvalue weighted by molar-refractivity contribution is 0.102. The van der Waals surface area contributed by atoms with Crippen molar-refractivity contribution in [2.24, 2.45) is 17.8 Å². The molecule has 3 N–H and O–H groups in total. The standard InChI is InChI=1S/C17H19FN6OS/c1-24-10-12(9-21-24)15(25)22-14-3-6-20-13(8-14)2-4-17(11-18)5-7-26-16(19)23-17/h2-4,6,8-10H,5,7,11H2,1H3,(H2,19,23)(H,20,22,25)/b4-2+. The molecule has 1 aliphatic rings. The molecule has 0 bridgehead atoms. The molecule has 3 rings (SSSR count). The Morgan fingerprint density at radius 3 is 3.12 bits per heavy atom. The van der Waals surface area contributed by atoms with Crippen molar-refractivity contribution in [2.75, 3.05) is 17.7 Å². The fourth-order valence-electron chi connectivity index (χ4n) is 2.50. The van der Waals surface area contributed by atoms with Crippen molar-refractivity contribution in [2.45, 2.75) is 12.0 Å². The van der Waals surface area contributed by atoms with Crippen LogP contribution in [0, 0.1) is 0 Å². The molecular weight excluding hydrogens is 355 g/mol. The summed E-state index contributed by atoms with van der Waals surface area (Å²) in [5.74, 6) is 0.458. The van der Waals surface area contributed by atoms with Crippen LogP contribution in [0.3, 0.4) is 0 Å². The first-order valence-corrected chi connectivity index (χ1v) is 8.98. The zero-order chi connectivity index (χ0) is 18.6. The van der Waals surface area contributed by atoms with Crippen LogP contribution in [0.5, 0.6) is 0 Å². The Kier molecular flexibility index (Phi) is 5.36. The summed E-state index contributed by atoms with van der Waals surface area (Å²) in [6.07, 6.45) is 8.66. The number of pyridine rings is 1. The lowest BCUT2D eigenvalue weighted by Crippen LogP contribution is -2.34. The smallest absolute Gasteiger partial charge is 0.258 e. The fraction of sp³-hybridized carbons (Fsp3) is 0.294. The minimum absolute atomic E-state index is 0.263. The van der Waals surface area contributed by atoms with Crippen molar-refractivity contribution in [3.05, 3.63) is 48.1 Å². The van der Waals surface area contributed by atoms with Gasteiger partial charge in [-0.15, -0.1) is 0 Å². The van der Waals surface area contributed by atoms with Crippen molar-refractivity contribution in [1.29, 1.82) is 0 Å². The number of aryl methyl sites for hydroxylation is 1. The molecule has 0 saturated carbocycles. The predicted molar refractivity (Wildman–Crippen MR) is 102 cm³/mol. The highest BCUT2D eigenvalue weighted by Gasteiger charge is 2.30. The predicted octanol–water partition coefficient (Wildman–Crippen LogP) is 2.24. The maximum atomic E-state index is 13.5. The molecule has 0 fully saturated rings. The Hall–Kier alpha value is -2.68. The Morgan fingerprint density at radius 2 is 2.42 bits per heavy atom. The number of carbonyl (C=O) groups is 1. The van der Waals surface area contributed by atoms with E-state index >= 15 is 0 Å². The number of nitrogens with one attached hydrogen (secondary N) is 1. The van der Waals surface area contributed by atoms with Crippen LogP contribution in [0.2, 0.25) is 0 Å². The van der Waals surface area contributed by atoms with E-state index in [4.69, 9.17) is 5.73 Å². The van der Waals surface area contributed by atoms with Crippen molar-refractivity contribution in [3.63, 3.8) is 0 Å². The second-order valence-corrected chi connectivity index (χ2v) is 7.06. The number of carbonyl (C=O) groups excluding carboxylic acids is 1. The maximum Gasteiger partial charge on any atom is 0.258 e. The van der Waals surface area contributed by atoms with Crippen LogP contribution in [0.25, 0.3) is 6.08 Å². The number of aromatic nitrogens is 3. The minimum Gasteiger partial charge on any atom is -0.379 e. The summed E-state index contributed by atoms with van der Waals surface area (Å²) >= 11 is 1.42. The summed E-state index contributed by atoms with van der Waals surface area (Å²) in [5.41, 5.74) is 6.43. The van der Waals surface area contributed by atoms with Crippen LogP contribution >= 0.6 is 11.8 Å². The van der Waals surface area contributed by atoms with Crippen LogP contribution in [-0.2, 0) is 7.05 Å². The Bertz CT molecular complexity index is 864. The fourth-order valence-corrected chi connectivity index (χ4v) is 3.41. The van der Waals surface area contributed by atoms with E-state index in [9.17, 15) is 9.18 Å². The molecule has 2 aromatic rings. The van der Waals surface area contributed by atoms with E-state index in [1.54, 1.807) is 48.4 Å². The largest absolute Gasteiger partial charge is 0.379 e. The highest BCUT2D eigenvalue weighted by atomic mass is 32.2. The second kappa shape index (κ2) is 7.69. The van der Waals surface area contributed by atoms with Gasteiger partial charge in [-0.05, 0) is 24.6 Å². The number of amides is 1. The van der Waals surface area contributed by atoms with Gasteiger partial charge in [0, 0.05) is 30.9 Å². The highest BCUT2D eigenvalue weighted by molar-refractivity contribution is 8.13. The Morgan fingerprint density at radius 1 is 1.58 bits per heavy atom. The molecule has 9 heteroatoms. The SMILES string of the molecule is Cn1cc(C(=O)Nc2ccnc(/C=C/C3(CF)CCSC(N)=N3)c2)cn1. The van der Waals surface area contributed by atoms with Gasteiger partial charge in [-0.3, -0.25) is 14.5 Å². The average molecular weight is 374 g/mol. The number of alkyl halides is 1. The third-order valence-electron chi connectivity index (χ3n) is 3.92. The summed E-state index contributed by atoms with van der Waals surface area (Å²) in [4.78, 5) is 20.7. The molecule has 0 aliphatic carbocycles. The Balaban J connectivity index is 1.75. The van der Waals surface area contributed by atoms with E-state index in [0.29, 0.717) is 28.5 Å². The lowest BCUT2D eigenvalue weighted by Gasteiger charge is -2.27. The maximum absolute atomic E-state index is 13.5. The molecule has 1 aliphatic heterocycles. The number of nitrogens with zero attached hydrogens (tertiary/aromatic N) is 4. The number of halogens is 1. The molecule has 136 valence electrons. The molecule has 0 saturated heterocycles. The quantitative estimate of drug-likeness (QED) is 0.836. The van der Waals surface area contributed by atoms with Gasteiger partial charge in [0.2, 0.25) is 0 Å². The number of amidine groups is 1. The number of thioether (sulfide) groups is 1. The number of aliphatic imine (C=N–C) groups is 1. The summed E-state index contributed by atoms with van der Waals surface area (Å²) in [6, 6.07) is 3.39. The number of hydrogen-bond acceptors (Lipinski definition) is 6. The van der Waals surface area contributed by atoms with E-state index < -0.39 is 12.2 Å². The van der Waals surface area contributed by atoms with Crippen LogP contribution < -0.4 is 11.1 Å². The molecule has 1 atom stereocenters. The van der Waals surface area contributed by atoms with Crippen molar-refractivity contribution >= 4 is 34.6 Å². The minimum atomic E-state index is -0.939. The van der Waals surface area contributed by atoms with Gasteiger partial charge in [0.05, 0.1) is 17.5 Å². The molecule has 26 heavy (non-hydrogen) atoms. The van der Waals surface area contributed by atoms with Gasteiger partial charge in [-0.2, -0.15) is 5.10 Å². The van der Waals surface area contributed by atoms with E-state index in [1.165, 1.54) is 18.0 Å². The molecule has 0 aromatic carbocycles. The molecule has 2 aromatic heterocycles. The van der Waals surface area contributed by atoms with E-state index in [0.717, 1.165) is 5.75 Å². The third-order valence-corrected chi connectivity index (χ3v) is 4.71. The number of nitrogens with two attached hydrogens (primary N) is 1. The monoisotopic (exact) mass is 374 g/mol. The molecule has 3 heterocycles. The molecule has 1 unspecified atom stereocenters. The first kappa shape index (κ1) is 18.1. The molecule has 7 nitrogen and oxygen atoms in total. The lowest BCUT2D eigenvalue weighted by atomic mass is 9.97. The summed E-state index contributed by atoms with van der Waals surface area (Å²) < 4.78 is 15.1. The van der Waals surface area contributed by atoms with E-state index in [2.05, 4.69) is 20.4 Å². The molecule has 1 amide bonds. The van der Waals surface area contributed by atoms with Gasteiger partial charge in [-0.1, -0.05) is 17.8 Å². The van der Waals surface area contributed by atoms with Gasteiger partial charge in [-0.25, -0.2) is 9.38 Å². The van der Waals surface area contributed by atoms with Gasteiger partial charge < -0.3 is 11.1 Å². The molecule has 0 radical (unpaired) electrons. The van der Waals surface area contributed by atoms with E-state index in [1.807, 2.05) is 0 Å². The van der Waals surface area contributed by atoms with Crippen LogP contribution in [0.4, 0.5) is 10.1 Å². The van der Waals surface area contributed by atoms with Crippen molar-refractivity contribution in [1.82, 2.24) is 14.8 Å². The summed E-state index contributed by atoms with van der Waals surface area (Å²) in [7, 11) is 1.74. The van der Waals surface area contributed by atoms with Gasteiger partial charge in [0.25, 0.3) is 5.91 Å². The first-order chi connectivity index (χ1) is 12.5. The Labute approximate surface area is 154 Å². The van der Waals surface area contributed by atoms with E-state index in [-0.39, 0.29) is 5.91 Å². The van der Waals surface area contributed by atoms with Gasteiger partial charge in [0.1, 0.15) is 12.2 Å². The number of rotatable bonds is 5. The summed E-state index contributed by atoms with van der Waals surface area (Å²) in [6.45, 7) is -0.623. The second-order valence-electron chi connectivity index (χ2n) is 5.95. The number of anilines is 1. The van der Waals surface area contributed by atoms with Gasteiger partial charge >= 0.3 is 0 Å². The van der Waals surface area contributed by atoms with Crippen molar-refractivity contribution in [3.8, 4) is 0 Å². The topological polar surface area (TPSA) is 98.2 Å². The average Bonchev–Trinajstić information content (AvgIpc) is 3.07. The van der Waals surface area contributed by atoms with Crippen LogP contribution in [0.15, 0.2) is 41.8 Å². The van der Waals surface area contributed by atoms with Crippen LogP contribution in [-0.4, -0.2) is 43.8 Å². The van der Waals surface area contributed by atoms with Crippen LogP contribution in [0.1, 0.15) is 22.5 Å². The number of hydrogen-bond donors (Lipinski definition) is 2. The first-order valence-electron chi connectivity index (χ1n) is 7.99. The molecular formula is C17H19FN6OS. The summed E-state index contributed by atoms with van der Waals surface area (Å²) in [5, 5.41) is 7.16. The normalized spacial score (nSPS) is 20.2. The molecule has 0 spiro atoms. The zero-order valence-corrected chi connectivity index (χ0v) is 15.0. The zero-order valence-electron chi connectivity index (χ0n) is 14.2. The van der Waals surface area contributed by atoms with Gasteiger partial charge in [0.15, 0.2) is 5.17 Å². The highest BCUT2D eigenvalue weighted by Crippen LogP contribution is 2.28.